The molecule has 0 bridgehead atoms. The standard InChI is InChI=1S/C15H16O4/c1-9-6-4-5-7-13(9)18-8-12-10(2)19-11(3)14(12)15(16)17/h4-7H,8H2,1-3H3,(H,16,17). The molecule has 0 spiro atoms. The summed E-state index contributed by atoms with van der Waals surface area (Å²) in [6.07, 6.45) is 0. The Morgan fingerprint density at radius 1 is 1.21 bits per heavy atom. The zero-order valence-electron chi connectivity index (χ0n) is 11.2. The molecule has 0 amide bonds. The van der Waals surface area contributed by atoms with Crippen molar-refractivity contribution in [2.75, 3.05) is 0 Å². The van der Waals surface area contributed by atoms with Gasteiger partial charge in [0.05, 0.1) is 0 Å². The molecule has 0 saturated carbocycles. The highest BCUT2D eigenvalue weighted by Crippen LogP contribution is 2.25. The lowest BCUT2D eigenvalue weighted by Crippen LogP contribution is -2.05. The van der Waals surface area contributed by atoms with E-state index in [2.05, 4.69) is 0 Å². The monoisotopic (exact) mass is 260 g/mol. The third-order valence-electron chi connectivity index (χ3n) is 3.06. The maximum atomic E-state index is 11.2. The summed E-state index contributed by atoms with van der Waals surface area (Å²) in [5.41, 5.74) is 1.80. The Balaban J connectivity index is 2.25. The van der Waals surface area contributed by atoms with Crippen LogP contribution in [0.15, 0.2) is 28.7 Å². The number of rotatable bonds is 4. The maximum absolute atomic E-state index is 11.2. The number of furan rings is 1. The van der Waals surface area contributed by atoms with E-state index < -0.39 is 5.97 Å². The number of carbonyl (C=O) groups is 1. The fourth-order valence-electron chi connectivity index (χ4n) is 2.05. The minimum atomic E-state index is -0.988. The van der Waals surface area contributed by atoms with Gasteiger partial charge in [-0.2, -0.15) is 0 Å². The molecule has 1 aromatic carbocycles. The van der Waals surface area contributed by atoms with Gasteiger partial charge >= 0.3 is 5.97 Å². The first-order chi connectivity index (χ1) is 9.00. The SMILES string of the molecule is Cc1ccccc1OCc1c(C)oc(C)c1C(=O)O. The van der Waals surface area contributed by atoms with E-state index in [-0.39, 0.29) is 12.2 Å². The Labute approximate surface area is 111 Å². The summed E-state index contributed by atoms with van der Waals surface area (Å²) in [5.74, 6) is 0.756. The Hall–Kier alpha value is -2.23. The van der Waals surface area contributed by atoms with Crippen molar-refractivity contribution in [3.8, 4) is 5.75 Å². The Kier molecular flexibility index (Phi) is 3.60. The molecule has 2 aromatic rings. The minimum absolute atomic E-state index is 0.190. The van der Waals surface area contributed by atoms with Gasteiger partial charge in [0.1, 0.15) is 29.4 Å². The fourth-order valence-corrected chi connectivity index (χ4v) is 2.05. The van der Waals surface area contributed by atoms with Gasteiger partial charge in [-0.3, -0.25) is 0 Å². The van der Waals surface area contributed by atoms with E-state index in [1.165, 1.54) is 0 Å². The quantitative estimate of drug-likeness (QED) is 0.914. The number of carboxylic acids is 1. The molecule has 4 nitrogen and oxygen atoms in total. The van der Waals surface area contributed by atoms with Crippen LogP contribution in [-0.4, -0.2) is 11.1 Å². The highest BCUT2D eigenvalue weighted by atomic mass is 16.5. The molecule has 2 rings (SSSR count). The number of carboxylic acid groups (broad SMARTS) is 1. The van der Waals surface area contributed by atoms with Gasteiger partial charge in [0, 0.05) is 5.56 Å². The molecule has 1 aromatic heterocycles. The van der Waals surface area contributed by atoms with Gasteiger partial charge in [0.15, 0.2) is 0 Å². The van der Waals surface area contributed by atoms with Crippen molar-refractivity contribution in [2.24, 2.45) is 0 Å². The number of aromatic carboxylic acids is 1. The van der Waals surface area contributed by atoms with Crippen LogP contribution in [-0.2, 0) is 6.61 Å². The molecule has 19 heavy (non-hydrogen) atoms. The van der Waals surface area contributed by atoms with Crippen LogP contribution in [0.1, 0.15) is 33.0 Å². The molecule has 0 fully saturated rings. The molecular formula is C15H16O4. The summed E-state index contributed by atoms with van der Waals surface area (Å²) < 4.78 is 11.0. The summed E-state index contributed by atoms with van der Waals surface area (Å²) in [6, 6.07) is 7.62. The zero-order valence-corrected chi connectivity index (χ0v) is 11.2. The number of para-hydroxylation sites is 1. The lowest BCUT2D eigenvalue weighted by Gasteiger charge is -2.08. The van der Waals surface area contributed by atoms with Gasteiger partial charge in [0.2, 0.25) is 0 Å². The number of ether oxygens (including phenoxy) is 1. The Morgan fingerprint density at radius 3 is 2.53 bits per heavy atom. The average Bonchev–Trinajstić information content (AvgIpc) is 2.63. The van der Waals surface area contributed by atoms with Crippen LogP contribution in [0.2, 0.25) is 0 Å². The molecule has 1 heterocycles. The van der Waals surface area contributed by atoms with Crippen molar-refractivity contribution < 1.29 is 19.1 Å². The first-order valence-corrected chi connectivity index (χ1v) is 6.01. The third-order valence-corrected chi connectivity index (χ3v) is 3.06. The van der Waals surface area contributed by atoms with E-state index in [0.717, 1.165) is 11.3 Å². The van der Waals surface area contributed by atoms with Gasteiger partial charge in [-0.05, 0) is 32.4 Å². The number of hydrogen-bond donors (Lipinski definition) is 1. The number of aryl methyl sites for hydroxylation is 3. The summed E-state index contributed by atoms with van der Waals surface area (Å²) in [7, 11) is 0. The van der Waals surface area contributed by atoms with Gasteiger partial charge in [-0.15, -0.1) is 0 Å². The summed E-state index contributed by atoms with van der Waals surface area (Å²) in [5, 5.41) is 9.20. The molecule has 0 unspecified atom stereocenters. The van der Waals surface area contributed by atoms with E-state index >= 15 is 0 Å². The maximum Gasteiger partial charge on any atom is 0.339 e. The third kappa shape index (κ3) is 2.62. The first kappa shape index (κ1) is 13.2. The van der Waals surface area contributed by atoms with Crippen molar-refractivity contribution in [1.29, 1.82) is 0 Å². The van der Waals surface area contributed by atoms with Crippen molar-refractivity contribution in [3.63, 3.8) is 0 Å². The summed E-state index contributed by atoms with van der Waals surface area (Å²) in [6.45, 7) is 5.53. The predicted molar refractivity (Wildman–Crippen MR) is 70.7 cm³/mol. The second-order valence-corrected chi connectivity index (χ2v) is 4.43. The lowest BCUT2D eigenvalue weighted by molar-refractivity contribution is 0.0692. The molecule has 0 saturated heterocycles. The van der Waals surface area contributed by atoms with Crippen LogP contribution < -0.4 is 4.74 Å². The summed E-state index contributed by atoms with van der Waals surface area (Å²) in [4.78, 5) is 11.2. The van der Waals surface area contributed by atoms with E-state index in [0.29, 0.717) is 17.1 Å². The van der Waals surface area contributed by atoms with Crippen LogP contribution in [0.3, 0.4) is 0 Å². The van der Waals surface area contributed by atoms with Crippen molar-refractivity contribution in [2.45, 2.75) is 27.4 Å². The molecule has 1 N–H and O–H groups in total. The molecule has 0 aliphatic heterocycles. The van der Waals surface area contributed by atoms with Crippen molar-refractivity contribution in [3.05, 3.63) is 52.5 Å². The Bertz CT molecular complexity index is 611. The smallest absolute Gasteiger partial charge is 0.339 e. The molecular weight excluding hydrogens is 244 g/mol. The van der Waals surface area contributed by atoms with Crippen LogP contribution in [0, 0.1) is 20.8 Å². The largest absolute Gasteiger partial charge is 0.488 e. The van der Waals surface area contributed by atoms with E-state index in [1.54, 1.807) is 13.8 Å². The average molecular weight is 260 g/mol. The zero-order chi connectivity index (χ0) is 14.0. The van der Waals surface area contributed by atoms with Crippen molar-refractivity contribution in [1.82, 2.24) is 0 Å². The molecule has 0 atom stereocenters. The van der Waals surface area contributed by atoms with Gasteiger partial charge in [-0.1, -0.05) is 18.2 Å². The van der Waals surface area contributed by atoms with E-state index in [4.69, 9.17) is 9.15 Å². The Morgan fingerprint density at radius 2 is 1.89 bits per heavy atom. The van der Waals surface area contributed by atoms with Gasteiger partial charge in [0.25, 0.3) is 0 Å². The number of benzene rings is 1. The molecule has 0 aliphatic carbocycles. The normalized spacial score (nSPS) is 10.5. The van der Waals surface area contributed by atoms with E-state index in [9.17, 15) is 9.90 Å². The van der Waals surface area contributed by atoms with Crippen LogP contribution >= 0.6 is 0 Å². The molecule has 0 aliphatic rings. The van der Waals surface area contributed by atoms with Gasteiger partial charge < -0.3 is 14.3 Å². The topological polar surface area (TPSA) is 59.7 Å². The van der Waals surface area contributed by atoms with Crippen LogP contribution in [0.5, 0.6) is 5.75 Å². The second kappa shape index (κ2) is 5.18. The van der Waals surface area contributed by atoms with Gasteiger partial charge in [-0.25, -0.2) is 4.79 Å². The van der Waals surface area contributed by atoms with Crippen molar-refractivity contribution >= 4 is 5.97 Å². The van der Waals surface area contributed by atoms with Crippen LogP contribution in [0.4, 0.5) is 0 Å². The first-order valence-electron chi connectivity index (χ1n) is 6.01. The summed E-state index contributed by atoms with van der Waals surface area (Å²) >= 11 is 0. The number of hydrogen-bond acceptors (Lipinski definition) is 3. The predicted octanol–water partition coefficient (Wildman–Crippen LogP) is 3.48. The molecule has 100 valence electrons. The minimum Gasteiger partial charge on any atom is -0.488 e. The lowest BCUT2D eigenvalue weighted by atomic mass is 10.1. The van der Waals surface area contributed by atoms with E-state index in [1.807, 2.05) is 31.2 Å². The molecule has 4 heteroatoms. The van der Waals surface area contributed by atoms with Crippen LogP contribution in [0.25, 0.3) is 0 Å². The highest BCUT2D eigenvalue weighted by Gasteiger charge is 2.21. The highest BCUT2D eigenvalue weighted by molar-refractivity contribution is 5.90. The fraction of sp³-hybridized carbons (Fsp3) is 0.267. The molecule has 0 radical (unpaired) electrons. The second-order valence-electron chi connectivity index (χ2n) is 4.43.